The third kappa shape index (κ3) is 4.05. The van der Waals surface area contributed by atoms with E-state index in [-0.39, 0.29) is 11.5 Å². The van der Waals surface area contributed by atoms with E-state index in [4.69, 9.17) is 4.84 Å². The van der Waals surface area contributed by atoms with Gasteiger partial charge in [-0.3, -0.25) is 10.1 Å². The predicted molar refractivity (Wildman–Crippen MR) is 55.8 cm³/mol. The van der Waals surface area contributed by atoms with Gasteiger partial charge >= 0.3 is 0 Å². The average Bonchev–Trinajstić information content (AvgIpc) is 2.25. The summed E-state index contributed by atoms with van der Waals surface area (Å²) in [5.41, 5.74) is 3.53. The molecule has 0 aliphatic heterocycles. The van der Waals surface area contributed by atoms with Crippen LogP contribution >= 0.6 is 0 Å². The number of hydrogen-bond donors (Lipinski definition) is 1. The Morgan fingerprint density at radius 3 is 2.67 bits per heavy atom. The van der Waals surface area contributed by atoms with Crippen LogP contribution in [0.2, 0.25) is 0 Å². The maximum atomic E-state index is 10.5. The molecule has 0 unspecified atom stereocenters. The van der Waals surface area contributed by atoms with Gasteiger partial charge in [0.15, 0.2) is 0 Å². The summed E-state index contributed by atoms with van der Waals surface area (Å²) in [6, 6.07) is 8.82. The largest absolute Gasteiger partial charge is 0.301 e. The summed E-state index contributed by atoms with van der Waals surface area (Å²) in [6.07, 6.45) is 0. The molecule has 5 nitrogen and oxygen atoms in total. The van der Waals surface area contributed by atoms with E-state index >= 15 is 0 Å². The van der Waals surface area contributed by atoms with E-state index in [1.807, 2.05) is 37.3 Å². The quantitative estimate of drug-likeness (QED) is 0.571. The molecule has 82 valence electrons. The van der Waals surface area contributed by atoms with Crippen LogP contribution in [0.1, 0.15) is 18.5 Å². The van der Waals surface area contributed by atoms with Crippen LogP contribution in [0, 0.1) is 10.1 Å². The molecule has 0 heterocycles. The molecule has 0 amide bonds. The first-order valence-electron chi connectivity index (χ1n) is 4.78. The molecule has 0 radical (unpaired) electrons. The Labute approximate surface area is 88.2 Å². The highest BCUT2D eigenvalue weighted by Crippen LogP contribution is 2.12. The lowest BCUT2D eigenvalue weighted by Crippen LogP contribution is -2.28. The number of nitrogens with zero attached hydrogens (tertiary/aromatic N) is 1. The lowest BCUT2D eigenvalue weighted by atomic mass is 10.1. The van der Waals surface area contributed by atoms with Crippen LogP contribution in [0.4, 0.5) is 0 Å². The number of nitro groups is 1. The summed E-state index contributed by atoms with van der Waals surface area (Å²) < 4.78 is 0. The molecule has 0 aliphatic carbocycles. The zero-order valence-corrected chi connectivity index (χ0v) is 8.55. The molecule has 1 rings (SSSR count). The monoisotopic (exact) mass is 210 g/mol. The number of benzene rings is 1. The van der Waals surface area contributed by atoms with Gasteiger partial charge in [-0.05, 0) is 12.5 Å². The minimum Gasteiger partial charge on any atom is -0.301 e. The summed E-state index contributed by atoms with van der Waals surface area (Å²) in [5, 5.41) is 10.5. The number of rotatable bonds is 6. The molecular formula is C10H14N2O3. The molecular weight excluding hydrogens is 196 g/mol. The maximum Gasteiger partial charge on any atom is 0.225 e. The summed E-state index contributed by atoms with van der Waals surface area (Å²) in [7, 11) is 0. The molecule has 0 saturated carbocycles. The first-order valence-corrected chi connectivity index (χ1v) is 4.78. The molecule has 0 bridgehead atoms. The molecule has 0 saturated heterocycles. The lowest BCUT2D eigenvalue weighted by molar-refractivity contribution is -0.486. The Morgan fingerprint density at radius 2 is 2.13 bits per heavy atom. The van der Waals surface area contributed by atoms with Crippen molar-refractivity contribution < 1.29 is 9.76 Å². The average molecular weight is 210 g/mol. The van der Waals surface area contributed by atoms with Crippen molar-refractivity contribution in [2.45, 2.75) is 13.0 Å². The zero-order valence-electron chi connectivity index (χ0n) is 8.55. The zero-order chi connectivity index (χ0) is 11.1. The van der Waals surface area contributed by atoms with Crippen molar-refractivity contribution in [1.29, 1.82) is 0 Å². The topological polar surface area (TPSA) is 64.4 Å². The van der Waals surface area contributed by atoms with Gasteiger partial charge in [0, 0.05) is 4.92 Å². The van der Waals surface area contributed by atoms with E-state index < -0.39 is 6.04 Å². The molecule has 0 aromatic heterocycles. The second kappa shape index (κ2) is 6.10. The predicted octanol–water partition coefficient (Wildman–Crippen LogP) is 1.55. The fraction of sp³-hybridized carbons (Fsp3) is 0.400. The highest BCUT2D eigenvalue weighted by molar-refractivity contribution is 5.18. The van der Waals surface area contributed by atoms with Gasteiger partial charge in [-0.2, -0.15) is 5.48 Å². The van der Waals surface area contributed by atoms with Gasteiger partial charge in [0.05, 0.1) is 6.61 Å². The molecule has 5 heteroatoms. The Hall–Kier alpha value is -1.46. The van der Waals surface area contributed by atoms with Gasteiger partial charge < -0.3 is 4.84 Å². The van der Waals surface area contributed by atoms with Crippen molar-refractivity contribution in [3.63, 3.8) is 0 Å². The highest BCUT2D eigenvalue weighted by atomic mass is 16.6. The smallest absolute Gasteiger partial charge is 0.225 e. The van der Waals surface area contributed by atoms with E-state index in [0.717, 1.165) is 5.56 Å². The Balaban J connectivity index is 2.67. The summed E-state index contributed by atoms with van der Waals surface area (Å²) >= 11 is 0. The first-order chi connectivity index (χ1) is 7.24. The van der Waals surface area contributed by atoms with E-state index in [1.54, 1.807) is 0 Å². The van der Waals surface area contributed by atoms with Crippen molar-refractivity contribution in [3.05, 3.63) is 46.0 Å². The van der Waals surface area contributed by atoms with Crippen molar-refractivity contribution in [1.82, 2.24) is 5.48 Å². The third-order valence-electron chi connectivity index (χ3n) is 1.90. The van der Waals surface area contributed by atoms with E-state index in [2.05, 4.69) is 5.48 Å². The molecule has 0 aliphatic rings. The van der Waals surface area contributed by atoms with Gasteiger partial charge in [0.1, 0.15) is 6.04 Å². The van der Waals surface area contributed by atoms with Crippen LogP contribution in [-0.2, 0) is 4.84 Å². The van der Waals surface area contributed by atoms with Crippen molar-refractivity contribution in [2.24, 2.45) is 0 Å². The molecule has 1 atom stereocenters. The van der Waals surface area contributed by atoms with Gasteiger partial charge in [0.2, 0.25) is 6.54 Å². The molecule has 1 aromatic rings. The fourth-order valence-electron chi connectivity index (χ4n) is 1.23. The van der Waals surface area contributed by atoms with E-state index in [9.17, 15) is 10.1 Å². The first kappa shape index (κ1) is 11.6. The van der Waals surface area contributed by atoms with Crippen molar-refractivity contribution in [3.8, 4) is 0 Å². The molecule has 0 spiro atoms. The van der Waals surface area contributed by atoms with Crippen LogP contribution in [0.15, 0.2) is 30.3 Å². The maximum absolute atomic E-state index is 10.5. The number of nitrogens with one attached hydrogen (secondary N) is 1. The molecule has 0 fully saturated rings. The molecule has 15 heavy (non-hydrogen) atoms. The highest BCUT2D eigenvalue weighted by Gasteiger charge is 2.16. The second-order valence-electron chi connectivity index (χ2n) is 3.03. The van der Waals surface area contributed by atoms with Gasteiger partial charge in [0.25, 0.3) is 0 Å². The standard InChI is InChI=1S/C10H14N2O3/c1-2-15-11-10(8-12(13)14)9-6-4-3-5-7-9/h3-7,10-11H,2,8H2,1H3/t10-/m0/s1. The van der Waals surface area contributed by atoms with Crippen LogP contribution < -0.4 is 5.48 Å². The fourth-order valence-corrected chi connectivity index (χ4v) is 1.23. The second-order valence-corrected chi connectivity index (χ2v) is 3.03. The number of hydroxylamine groups is 1. The van der Waals surface area contributed by atoms with E-state index in [1.165, 1.54) is 0 Å². The Morgan fingerprint density at radius 1 is 1.47 bits per heavy atom. The van der Waals surface area contributed by atoms with Crippen LogP contribution in [0.5, 0.6) is 0 Å². The van der Waals surface area contributed by atoms with Crippen molar-refractivity contribution >= 4 is 0 Å². The van der Waals surface area contributed by atoms with Gasteiger partial charge in [-0.1, -0.05) is 30.3 Å². The number of hydrogen-bond acceptors (Lipinski definition) is 4. The third-order valence-corrected chi connectivity index (χ3v) is 1.90. The summed E-state index contributed by atoms with van der Waals surface area (Å²) in [6.45, 7) is 2.10. The van der Waals surface area contributed by atoms with E-state index in [0.29, 0.717) is 6.61 Å². The van der Waals surface area contributed by atoms with Crippen molar-refractivity contribution in [2.75, 3.05) is 13.2 Å². The minimum atomic E-state index is -0.402. The van der Waals surface area contributed by atoms with Crippen LogP contribution in [0.25, 0.3) is 0 Å². The molecule has 1 aromatic carbocycles. The Kier molecular flexibility index (Phi) is 4.73. The minimum absolute atomic E-state index is 0.190. The van der Waals surface area contributed by atoms with Gasteiger partial charge in [-0.25, -0.2) is 0 Å². The Bertz CT molecular complexity index is 303. The van der Waals surface area contributed by atoms with Crippen LogP contribution in [0.3, 0.4) is 0 Å². The van der Waals surface area contributed by atoms with Gasteiger partial charge in [-0.15, -0.1) is 0 Å². The summed E-state index contributed by atoms with van der Waals surface area (Å²) in [4.78, 5) is 15.1. The van der Waals surface area contributed by atoms with Crippen LogP contribution in [-0.4, -0.2) is 18.1 Å². The SMILES string of the molecule is CCON[C@@H](C[N+](=O)[O-])c1ccccc1. The summed E-state index contributed by atoms with van der Waals surface area (Å²) in [5.74, 6) is 0. The lowest BCUT2D eigenvalue weighted by Gasteiger charge is -2.14. The normalized spacial score (nSPS) is 12.3. The molecule has 1 N–H and O–H groups in total.